The van der Waals surface area contributed by atoms with Gasteiger partial charge in [-0.25, -0.2) is 8.42 Å². The minimum atomic E-state index is -4.10. The van der Waals surface area contributed by atoms with Crippen LogP contribution in [-0.2, 0) is 26.2 Å². The van der Waals surface area contributed by atoms with E-state index >= 15 is 0 Å². The average molecular weight is 615 g/mol. The summed E-state index contributed by atoms with van der Waals surface area (Å²) in [4.78, 5) is 28.5. The molecular formula is C30H36BrN3O4S. The molecule has 0 aliphatic heterocycles. The molecule has 1 atom stereocenters. The SMILES string of the molecule is Cc1ccc(S(=O)(=O)N(CC(=O)N(Cc2cccc(C)c2)C(C)C(=O)NCC(C)C)c2cccc(Br)c2)cc1. The number of carbonyl (C=O) groups is 2. The van der Waals surface area contributed by atoms with E-state index in [9.17, 15) is 18.0 Å². The van der Waals surface area contributed by atoms with Gasteiger partial charge < -0.3 is 10.2 Å². The summed E-state index contributed by atoms with van der Waals surface area (Å²) in [5.41, 5.74) is 3.13. The van der Waals surface area contributed by atoms with Crippen molar-refractivity contribution in [2.24, 2.45) is 5.92 Å². The Kier molecular flexibility index (Phi) is 10.3. The molecule has 3 aromatic rings. The second-order valence-corrected chi connectivity index (χ2v) is 12.9. The van der Waals surface area contributed by atoms with Crippen LogP contribution in [0.4, 0.5) is 5.69 Å². The molecule has 0 heterocycles. The van der Waals surface area contributed by atoms with E-state index in [-0.39, 0.29) is 23.3 Å². The molecule has 3 rings (SSSR count). The molecule has 0 fully saturated rings. The molecule has 208 valence electrons. The van der Waals surface area contributed by atoms with E-state index in [1.807, 2.05) is 52.0 Å². The lowest BCUT2D eigenvalue weighted by Crippen LogP contribution is -2.51. The molecule has 7 nitrogen and oxygen atoms in total. The zero-order valence-electron chi connectivity index (χ0n) is 23.0. The van der Waals surface area contributed by atoms with Crippen LogP contribution in [0.15, 0.2) is 82.2 Å². The van der Waals surface area contributed by atoms with Crippen LogP contribution in [0.25, 0.3) is 0 Å². The number of nitrogens with one attached hydrogen (secondary N) is 1. The van der Waals surface area contributed by atoms with Crippen molar-refractivity contribution in [2.75, 3.05) is 17.4 Å². The highest BCUT2D eigenvalue weighted by Gasteiger charge is 2.32. The highest BCUT2D eigenvalue weighted by atomic mass is 79.9. The molecule has 2 amide bonds. The first-order valence-corrected chi connectivity index (χ1v) is 15.1. The maximum absolute atomic E-state index is 13.9. The molecule has 0 aliphatic rings. The molecule has 39 heavy (non-hydrogen) atoms. The first kappa shape index (κ1) is 30.4. The van der Waals surface area contributed by atoms with Crippen molar-refractivity contribution in [1.29, 1.82) is 0 Å². The maximum atomic E-state index is 13.9. The van der Waals surface area contributed by atoms with Crippen molar-refractivity contribution in [3.8, 4) is 0 Å². The third kappa shape index (κ3) is 8.16. The molecular weight excluding hydrogens is 578 g/mol. The van der Waals surface area contributed by atoms with Crippen molar-refractivity contribution in [2.45, 2.75) is 52.1 Å². The Morgan fingerprint density at radius 1 is 0.897 bits per heavy atom. The van der Waals surface area contributed by atoms with Crippen molar-refractivity contribution < 1.29 is 18.0 Å². The number of amides is 2. The smallest absolute Gasteiger partial charge is 0.264 e. The van der Waals surface area contributed by atoms with Crippen molar-refractivity contribution >= 4 is 43.5 Å². The lowest BCUT2D eigenvalue weighted by atomic mass is 10.1. The Hall–Kier alpha value is -3.17. The van der Waals surface area contributed by atoms with Gasteiger partial charge in [-0.3, -0.25) is 13.9 Å². The molecule has 3 aromatic carbocycles. The first-order valence-electron chi connectivity index (χ1n) is 12.9. The number of benzene rings is 3. The number of sulfonamides is 1. The van der Waals surface area contributed by atoms with E-state index in [4.69, 9.17) is 0 Å². The Labute approximate surface area is 240 Å². The summed E-state index contributed by atoms with van der Waals surface area (Å²) in [5, 5.41) is 2.90. The number of carbonyl (C=O) groups excluding carboxylic acids is 2. The third-order valence-corrected chi connectivity index (χ3v) is 8.55. The average Bonchev–Trinajstić information content (AvgIpc) is 2.88. The van der Waals surface area contributed by atoms with Crippen molar-refractivity contribution in [1.82, 2.24) is 10.2 Å². The van der Waals surface area contributed by atoms with E-state index in [0.29, 0.717) is 16.7 Å². The second-order valence-electron chi connectivity index (χ2n) is 10.1. The minimum Gasteiger partial charge on any atom is -0.354 e. The number of aryl methyl sites for hydroxylation is 2. The summed E-state index contributed by atoms with van der Waals surface area (Å²) >= 11 is 3.41. The van der Waals surface area contributed by atoms with Gasteiger partial charge in [0.1, 0.15) is 12.6 Å². The molecule has 0 saturated heterocycles. The monoisotopic (exact) mass is 613 g/mol. The van der Waals surface area contributed by atoms with Crippen LogP contribution in [0.5, 0.6) is 0 Å². The molecule has 9 heteroatoms. The number of hydrogen-bond acceptors (Lipinski definition) is 4. The summed E-state index contributed by atoms with van der Waals surface area (Å²) in [6, 6.07) is 20.2. The Balaban J connectivity index is 2.01. The number of halogens is 1. The second kappa shape index (κ2) is 13.3. The summed E-state index contributed by atoms with van der Waals surface area (Å²) < 4.78 is 29.5. The molecule has 0 spiro atoms. The quantitative estimate of drug-likeness (QED) is 0.311. The molecule has 0 radical (unpaired) electrons. The van der Waals surface area contributed by atoms with Crippen LogP contribution < -0.4 is 9.62 Å². The number of anilines is 1. The number of rotatable bonds is 11. The van der Waals surface area contributed by atoms with Crippen molar-refractivity contribution in [3.05, 3.63) is 94.0 Å². The fourth-order valence-corrected chi connectivity index (χ4v) is 5.83. The van der Waals surface area contributed by atoms with Crippen LogP contribution in [0.1, 0.15) is 37.5 Å². The summed E-state index contributed by atoms with van der Waals surface area (Å²) in [6.45, 7) is 9.65. The van der Waals surface area contributed by atoms with Crippen molar-refractivity contribution in [3.63, 3.8) is 0 Å². The van der Waals surface area contributed by atoms with Crippen LogP contribution in [0, 0.1) is 19.8 Å². The Bertz CT molecular complexity index is 1410. The highest BCUT2D eigenvalue weighted by molar-refractivity contribution is 9.10. The Morgan fingerprint density at radius 2 is 1.56 bits per heavy atom. The normalized spacial score (nSPS) is 12.2. The molecule has 1 unspecified atom stereocenters. The standard InChI is InChI=1S/C30H36BrN3O4S/c1-21(2)18-32-30(36)24(5)33(19-25-9-6-8-23(4)16-25)29(35)20-34(27-11-7-10-26(31)17-27)39(37,38)28-14-12-22(3)13-15-28/h6-17,21,24H,18-20H2,1-5H3,(H,32,36). The van der Waals surface area contributed by atoms with Gasteiger partial charge in [0, 0.05) is 17.6 Å². The zero-order valence-corrected chi connectivity index (χ0v) is 25.4. The number of hydrogen-bond donors (Lipinski definition) is 1. The topological polar surface area (TPSA) is 86.8 Å². The van der Waals surface area contributed by atoms with Gasteiger partial charge in [0.25, 0.3) is 10.0 Å². The van der Waals surface area contributed by atoms with E-state index in [1.165, 1.54) is 17.0 Å². The third-order valence-electron chi connectivity index (χ3n) is 6.27. The molecule has 1 N–H and O–H groups in total. The van der Waals surface area contributed by atoms with Gasteiger partial charge in [0.15, 0.2) is 0 Å². The van der Waals surface area contributed by atoms with E-state index < -0.39 is 28.5 Å². The molecule has 0 bridgehead atoms. The zero-order chi connectivity index (χ0) is 28.7. The lowest BCUT2D eigenvalue weighted by molar-refractivity contribution is -0.139. The number of nitrogens with zero attached hydrogens (tertiary/aromatic N) is 2. The van der Waals surface area contributed by atoms with E-state index in [0.717, 1.165) is 21.0 Å². The van der Waals surface area contributed by atoms with Crippen LogP contribution >= 0.6 is 15.9 Å². The van der Waals surface area contributed by atoms with Crippen LogP contribution in [-0.4, -0.2) is 44.3 Å². The van der Waals surface area contributed by atoms with Crippen LogP contribution in [0.3, 0.4) is 0 Å². The summed E-state index contributed by atoms with van der Waals surface area (Å²) in [6.07, 6.45) is 0. The predicted octanol–water partition coefficient (Wildman–Crippen LogP) is 5.45. The van der Waals surface area contributed by atoms with Gasteiger partial charge in [0.2, 0.25) is 11.8 Å². The highest BCUT2D eigenvalue weighted by Crippen LogP contribution is 2.27. The van der Waals surface area contributed by atoms with Gasteiger partial charge in [-0.15, -0.1) is 0 Å². The largest absolute Gasteiger partial charge is 0.354 e. The molecule has 0 saturated carbocycles. The fraction of sp³-hybridized carbons (Fsp3) is 0.333. The van der Waals surface area contributed by atoms with Gasteiger partial charge in [-0.1, -0.05) is 83.4 Å². The molecule has 0 aromatic heterocycles. The maximum Gasteiger partial charge on any atom is 0.264 e. The van der Waals surface area contributed by atoms with Gasteiger partial charge in [-0.2, -0.15) is 0 Å². The lowest BCUT2D eigenvalue weighted by Gasteiger charge is -2.32. The Morgan fingerprint density at radius 3 is 2.18 bits per heavy atom. The predicted molar refractivity (Wildman–Crippen MR) is 159 cm³/mol. The first-order chi connectivity index (χ1) is 18.4. The molecule has 0 aliphatic carbocycles. The van der Waals surface area contributed by atoms with Crippen LogP contribution in [0.2, 0.25) is 0 Å². The van der Waals surface area contributed by atoms with Gasteiger partial charge in [0.05, 0.1) is 10.6 Å². The van der Waals surface area contributed by atoms with E-state index in [2.05, 4.69) is 21.2 Å². The van der Waals surface area contributed by atoms with E-state index in [1.54, 1.807) is 43.3 Å². The summed E-state index contributed by atoms with van der Waals surface area (Å²) in [5.74, 6) is -0.534. The minimum absolute atomic E-state index is 0.0776. The van der Waals surface area contributed by atoms with Gasteiger partial charge >= 0.3 is 0 Å². The summed E-state index contributed by atoms with van der Waals surface area (Å²) in [7, 11) is -4.10. The fourth-order valence-electron chi connectivity index (χ4n) is 4.04. The van der Waals surface area contributed by atoms with Gasteiger partial charge in [-0.05, 0) is 62.6 Å².